The van der Waals surface area contributed by atoms with Crippen molar-refractivity contribution in [2.24, 2.45) is 0 Å². The summed E-state index contributed by atoms with van der Waals surface area (Å²) in [5, 5.41) is 10.5. The minimum atomic E-state index is 0.660. The van der Waals surface area contributed by atoms with Gasteiger partial charge in [0.1, 0.15) is 0 Å². The quantitative estimate of drug-likeness (QED) is 0.422. The SMILES string of the molecule is CCCc1ccc(-n2cc(-c3cccc(N)c3C)c3cc(C#N)ccc32)cc1C. The van der Waals surface area contributed by atoms with Crippen LogP contribution in [0.3, 0.4) is 0 Å². The molecule has 0 bridgehead atoms. The molecule has 3 nitrogen and oxygen atoms in total. The highest BCUT2D eigenvalue weighted by Gasteiger charge is 2.15. The lowest BCUT2D eigenvalue weighted by Gasteiger charge is -2.10. The molecule has 0 saturated heterocycles. The normalized spacial score (nSPS) is 11.0. The van der Waals surface area contributed by atoms with Gasteiger partial charge in [0.15, 0.2) is 0 Å². The van der Waals surface area contributed by atoms with Gasteiger partial charge >= 0.3 is 0 Å². The Hall–Kier alpha value is -3.51. The molecule has 0 saturated carbocycles. The van der Waals surface area contributed by atoms with Gasteiger partial charge in [-0.1, -0.05) is 31.5 Å². The van der Waals surface area contributed by atoms with Gasteiger partial charge in [-0.2, -0.15) is 5.26 Å². The number of nitrogen functional groups attached to an aromatic ring is 1. The zero-order valence-corrected chi connectivity index (χ0v) is 17.2. The van der Waals surface area contributed by atoms with Gasteiger partial charge in [0.2, 0.25) is 0 Å². The van der Waals surface area contributed by atoms with Gasteiger partial charge in [-0.25, -0.2) is 0 Å². The van der Waals surface area contributed by atoms with E-state index in [1.165, 1.54) is 11.1 Å². The molecule has 144 valence electrons. The van der Waals surface area contributed by atoms with Gasteiger partial charge in [0.25, 0.3) is 0 Å². The molecule has 4 aromatic rings. The van der Waals surface area contributed by atoms with Crippen molar-refractivity contribution in [1.29, 1.82) is 5.26 Å². The maximum Gasteiger partial charge on any atom is 0.0991 e. The number of aryl methyl sites for hydroxylation is 2. The molecule has 0 amide bonds. The van der Waals surface area contributed by atoms with Crippen LogP contribution in [0.4, 0.5) is 5.69 Å². The molecule has 0 fully saturated rings. The second kappa shape index (κ2) is 7.48. The molecule has 4 rings (SSSR count). The number of anilines is 1. The minimum Gasteiger partial charge on any atom is -0.398 e. The third kappa shape index (κ3) is 3.28. The van der Waals surface area contributed by atoms with Crippen molar-refractivity contribution in [3.63, 3.8) is 0 Å². The Morgan fingerprint density at radius 1 is 1.00 bits per heavy atom. The summed E-state index contributed by atoms with van der Waals surface area (Å²) < 4.78 is 2.22. The summed E-state index contributed by atoms with van der Waals surface area (Å²) in [7, 11) is 0. The predicted octanol–water partition coefficient (Wildman–Crippen LogP) is 6.32. The van der Waals surface area contributed by atoms with Crippen LogP contribution in [-0.2, 0) is 6.42 Å². The fourth-order valence-corrected chi connectivity index (χ4v) is 4.05. The van der Waals surface area contributed by atoms with E-state index in [4.69, 9.17) is 5.73 Å². The number of benzene rings is 3. The predicted molar refractivity (Wildman–Crippen MR) is 121 cm³/mol. The molecule has 0 radical (unpaired) electrons. The highest BCUT2D eigenvalue weighted by atomic mass is 15.0. The van der Waals surface area contributed by atoms with Crippen molar-refractivity contribution in [2.75, 3.05) is 5.73 Å². The molecule has 3 heteroatoms. The topological polar surface area (TPSA) is 54.7 Å². The van der Waals surface area contributed by atoms with Gasteiger partial charge in [-0.3, -0.25) is 0 Å². The van der Waals surface area contributed by atoms with Crippen molar-refractivity contribution >= 4 is 16.6 Å². The van der Waals surface area contributed by atoms with E-state index in [1.807, 2.05) is 37.3 Å². The molecule has 2 N–H and O–H groups in total. The standard InChI is InChI=1S/C26H25N3/c1-4-6-20-10-11-21(13-17(20)2)29-16-24(22-7-5-8-25(28)18(22)3)23-14-19(15-27)9-12-26(23)29/h5,7-14,16H,4,6,28H2,1-3H3. The lowest BCUT2D eigenvalue weighted by atomic mass is 9.98. The lowest BCUT2D eigenvalue weighted by Crippen LogP contribution is -1.96. The third-order valence-electron chi connectivity index (χ3n) is 5.72. The van der Waals surface area contributed by atoms with Crippen LogP contribution < -0.4 is 5.73 Å². The monoisotopic (exact) mass is 379 g/mol. The molecule has 0 aliphatic carbocycles. The van der Waals surface area contributed by atoms with Crippen LogP contribution in [-0.4, -0.2) is 4.57 Å². The molecule has 29 heavy (non-hydrogen) atoms. The number of hydrogen-bond acceptors (Lipinski definition) is 2. The number of hydrogen-bond donors (Lipinski definition) is 1. The number of nitrogens with two attached hydrogens (primary N) is 1. The van der Waals surface area contributed by atoms with Crippen LogP contribution in [0.1, 0.15) is 35.6 Å². The Kier molecular flexibility index (Phi) is 4.86. The van der Waals surface area contributed by atoms with Crippen molar-refractivity contribution in [3.05, 3.63) is 83.0 Å². The first-order chi connectivity index (χ1) is 14.0. The molecule has 0 atom stereocenters. The maximum absolute atomic E-state index is 9.42. The molecular weight excluding hydrogens is 354 g/mol. The summed E-state index contributed by atoms with van der Waals surface area (Å²) in [6, 6.07) is 20.8. The second-order valence-corrected chi connectivity index (χ2v) is 7.64. The van der Waals surface area contributed by atoms with Crippen LogP contribution in [0.25, 0.3) is 27.7 Å². The van der Waals surface area contributed by atoms with Crippen LogP contribution in [0, 0.1) is 25.2 Å². The summed E-state index contributed by atoms with van der Waals surface area (Å²) in [4.78, 5) is 0. The zero-order valence-electron chi connectivity index (χ0n) is 17.2. The molecule has 0 spiro atoms. The highest BCUT2D eigenvalue weighted by molar-refractivity contribution is 5.99. The molecule has 0 aliphatic rings. The first-order valence-corrected chi connectivity index (χ1v) is 10.0. The highest BCUT2D eigenvalue weighted by Crippen LogP contribution is 2.36. The Balaban J connectivity index is 1.98. The van der Waals surface area contributed by atoms with Crippen molar-refractivity contribution < 1.29 is 0 Å². The van der Waals surface area contributed by atoms with Gasteiger partial charge < -0.3 is 10.3 Å². The van der Waals surface area contributed by atoms with E-state index in [2.05, 4.69) is 54.9 Å². The Labute approximate surface area is 172 Å². The molecule has 0 aliphatic heterocycles. The third-order valence-corrected chi connectivity index (χ3v) is 5.72. The molecular formula is C26H25N3. The molecule has 1 heterocycles. The number of fused-ring (bicyclic) bond motifs is 1. The maximum atomic E-state index is 9.42. The fourth-order valence-electron chi connectivity index (χ4n) is 4.05. The Morgan fingerprint density at radius 2 is 1.83 bits per heavy atom. The van der Waals surface area contributed by atoms with Gasteiger partial charge in [0, 0.05) is 28.5 Å². The minimum absolute atomic E-state index is 0.660. The summed E-state index contributed by atoms with van der Waals surface area (Å²) >= 11 is 0. The van der Waals surface area contributed by atoms with Crippen molar-refractivity contribution in [1.82, 2.24) is 4.57 Å². The van der Waals surface area contributed by atoms with Crippen LogP contribution in [0.2, 0.25) is 0 Å². The number of rotatable bonds is 4. The summed E-state index contributed by atoms with van der Waals surface area (Å²) in [6.07, 6.45) is 4.40. The van der Waals surface area contributed by atoms with E-state index in [9.17, 15) is 5.26 Å². The molecule has 0 unspecified atom stereocenters. The van der Waals surface area contributed by atoms with E-state index >= 15 is 0 Å². The van der Waals surface area contributed by atoms with E-state index in [0.717, 1.165) is 51.8 Å². The number of nitrogens with zero attached hydrogens (tertiary/aromatic N) is 2. The van der Waals surface area contributed by atoms with E-state index < -0.39 is 0 Å². The van der Waals surface area contributed by atoms with E-state index in [1.54, 1.807) is 0 Å². The average molecular weight is 380 g/mol. The largest absolute Gasteiger partial charge is 0.398 e. The van der Waals surface area contributed by atoms with E-state index in [0.29, 0.717) is 5.56 Å². The molecule has 1 aromatic heterocycles. The number of aromatic nitrogens is 1. The van der Waals surface area contributed by atoms with Crippen LogP contribution >= 0.6 is 0 Å². The zero-order chi connectivity index (χ0) is 20.5. The first kappa shape index (κ1) is 18.8. The summed E-state index contributed by atoms with van der Waals surface area (Å²) in [6.45, 7) is 6.43. The molecule has 3 aromatic carbocycles. The Bertz CT molecular complexity index is 1260. The number of nitriles is 1. The van der Waals surface area contributed by atoms with Crippen LogP contribution in [0.5, 0.6) is 0 Å². The average Bonchev–Trinajstić information content (AvgIpc) is 3.10. The van der Waals surface area contributed by atoms with Crippen molar-refractivity contribution in [2.45, 2.75) is 33.6 Å². The van der Waals surface area contributed by atoms with Gasteiger partial charge in [-0.05, 0) is 78.9 Å². The smallest absolute Gasteiger partial charge is 0.0991 e. The first-order valence-electron chi connectivity index (χ1n) is 10.0. The lowest BCUT2D eigenvalue weighted by molar-refractivity contribution is 0.911. The summed E-state index contributed by atoms with van der Waals surface area (Å²) in [5.74, 6) is 0. The van der Waals surface area contributed by atoms with Crippen LogP contribution in [0.15, 0.2) is 60.8 Å². The fraction of sp³-hybridized carbons (Fsp3) is 0.192. The Morgan fingerprint density at radius 3 is 2.55 bits per heavy atom. The summed E-state index contributed by atoms with van der Waals surface area (Å²) in [5.41, 5.74) is 15.8. The van der Waals surface area contributed by atoms with Gasteiger partial charge in [-0.15, -0.1) is 0 Å². The van der Waals surface area contributed by atoms with Crippen molar-refractivity contribution in [3.8, 4) is 22.9 Å². The van der Waals surface area contributed by atoms with Gasteiger partial charge in [0.05, 0.1) is 17.1 Å². The van der Waals surface area contributed by atoms with E-state index in [-0.39, 0.29) is 0 Å². The second-order valence-electron chi connectivity index (χ2n) is 7.64.